The fourth-order valence-electron chi connectivity index (χ4n) is 3.78. The Morgan fingerprint density at radius 2 is 1.93 bits per heavy atom. The molecule has 0 aliphatic carbocycles. The van der Waals surface area contributed by atoms with E-state index in [0.717, 1.165) is 19.3 Å². The molecule has 1 atom stereocenters. The van der Waals surface area contributed by atoms with Gasteiger partial charge in [0.25, 0.3) is 15.9 Å². The molecule has 1 N–H and O–H groups in total. The Morgan fingerprint density at radius 1 is 1.20 bits per heavy atom. The zero-order valence-corrected chi connectivity index (χ0v) is 17.9. The zero-order valence-electron chi connectivity index (χ0n) is 16.4. The van der Waals surface area contributed by atoms with Crippen LogP contribution in [0, 0.1) is 5.82 Å². The van der Waals surface area contributed by atoms with E-state index in [1.54, 1.807) is 19.1 Å². The second-order valence-corrected chi connectivity index (χ2v) is 9.47. The van der Waals surface area contributed by atoms with Gasteiger partial charge in [-0.3, -0.25) is 4.79 Å². The van der Waals surface area contributed by atoms with Crippen LogP contribution in [0.3, 0.4) is 0 Å². The Hall–Kier alpha value is -2.45. The minimum Gasteiger partial charge on any atom is -0.345 e. The van der Waals surface area contributed by atoms with Gasteiger partial charge in [0.2, 0.25) is 0 Å². The fraction of sp³-hybridized carbons (Fsp3) is 0.333. The molecule has 158 valence electrons. The van der Waals surface area contributed by atoms with Crippen molar-refractivity contribution in [3.05, 3.63) is 58.4 Å². The molecule has 0 saturated carbocycles. The first-order chi connectivity index (χ1) is 14.3. The number of rotatable bonds is 3. The number of nitrogens with zero attached hydrogens (tertiary/aromatic N) is 2. The highest BCUT2D eigenvalue weighted by atomic mass is 35.5. The Kier molecular flexibility index (Phi) is 5.55. The van der Waals surface area contributed by atoms with Crippen LogP contribution in [-0.4, -0.2) is 26.7 Å². The molecule has 2 heterocycles. The molecule has 0 aromatic heterocycles. The summed E-state index contributed by atoms with van der Waals surface area (Å²) in [6, 6.07) is 8.19. The first kappa shape index (κ1) is 20.8. The number of hydrogen-bond donors (Lipinski definition) is 1. The van der Waals surface area contributed by atoms with Crippen molar-refractivity contribution >= 4 is 39.1 Å². The van der Waals surface area contributed by atoms with Crippen LogP contribution in [0.5, 0.6) is 0 Å². The van der Waals surface area contributed by atoms with Crippen molar-refractivity contribution in [1.29, 1.82) is 0 Å². The Labute approximate surface area is 179 Å². The first-order valence-electron chi connectivity index (χ1n) is 9.77. The molecule has 0 bridgehead atoms. The van der Waals surface area contributed by atoms with Gasteiger partial charge in [-0.15, -0.1) is 4.40 Å². The molecule has 6 nitrogen and oxygen atoms in total. The lowest BCUT2D eigenvalue weighted by Crippen LogP contribution is -2.35. The van der Waals surface area contributed by atoms with Crippen molar-refractivity contribution in [2.75, 3.05) is 11.4 Å². The van der Waals surface area contributed by atoms with Crippen LogP contribution in [0.15, 0.2) is 45.7 Å². The standard InChI is InChI=1S/C21H21ClFN3O3S/c1-13(14-6-8-15(23)9-7-14)24-21(27)16-11-19-18(12-17(16)22)26-10-4-2-3-5-20(26)25-30(19,28)29/h6-9,11-13H,2-5,10H2,1H3,(H,24,27)/t13-/m1/s1. The lowest BCUT2D eigenvalue weighted by Gasteiger charge is -2.30. The van der Waals surface area contributed by atoms with Gasteiger partial charge in [-0.05, 0) is 49.6 Å². The highest BCUT2D eigenvalue weighted by molar-refractivity contribution is 7.90. The zero-order chi connectivity index (χ0) is 21.5. The summed E-state index contributed by atoms with van der Waals surface area (Å²) in [6.07, 6.45) is 3.40. The minimum atomic E-state index is -3.92. The number of amidine groups is 1. The summed E-state index contributed by atoms with van der Waals surface area (Å²) in [6.45, 7) is 2.41. The molecule has 30 heavy (non-hydrogen) atoms. The van der Waals surface area contributed by atoms with Gasteiger partial charge in [0.1, 0.15) is 16.5 Å². The molecule has 0 unspecified atom stereocenters. The molecule has 2 aromatic rings. The average molecular weight is 450 g/mol. The number of hydrogen-bond acceptors (Lipinski definition) is 4. The van der Waals surface area contributed by atoms with E-state index >= 15 is 0 Å². The number of sulfonamides is 1. The number of fused-ring (bicyclic) bond motifs is 3. The van der Waals surface area contributed by atoms with Crippen molar-refractivity contribution < 1.29 is 17.6 Å². The highest BCUT2D eigenvalue weighted by Crippen LogP contribution is 2.38. The van der Waals surface area contributed by atoms with E-state index in [0.29, 0.717) is 30.1 Å². The number of anilines is 1. The molecule has 1 amide bonds. The molecule has 1 fully saturated rings. The van der Waals surface area contributed by atoms with Crippen LogP contribution in [0.1, 0.15) is 54.6 Å². The van der Waals surface area contributed by atoms with E-state index in [1.165, 1.54) is 24.3 Å². The number of amides is 1. The number of nitrogens with one attached hydrogen (secondary N) is 1. The maximum absolute atomic E-state index is 13.1. The van der Waals surface area contributed by atoms with Crippen molar-refractivity contribution in [3.8, 4) is 0 Å². The molecular weight excluding hydrogens is 429 g/mol. The van der Waals surface area contributed by atoms with Crippen LogP contribution in [-0.2, 0) is 10.0 Å². The lowest BCUT2D eigenvalue weighted by atomic mass is 10.1. The van der Waals surface area contributed by atoms with E-state index in [4.69, 9.17) is 11.6 Å². The van der Waals surface area contributed by atoms with Gasteiger partial charge in [0.15, 0.2) is 0 Å². The van der Waals surface area contributed by atoms with E-state index < -0.39 is 22.0 Å². The lowest BCUT2D eigenvalue weighted by molar-refractivity contribution is 0.0940. The Morgan fingerprint density at radius 3 is 2.67 bits per heavy atom. The van der Waals surface area contributed by atoms with E-state index in [-0.39, 0.29) is 21.3 Å². The smallest absolute Gasteiger partial charge is 0.286 e. The summed E-state index contributed by atoms with van der Waals surface area (Å²) in [4.78, 5) is 14.7. The molecule has 0 spiro atoms. The largest absolute Gasteiger partial charge is 0.345 e. The predicted molar refractivity (Wildman–Crippen MR) is 114 cm³/mol. The van der Waals surface area contributed by atoms with Crippen LogP contribution < -0.4 is 10.2 Å². The second-order valence-electron chi connectivity index (χ2n) is 7.49. The van der Waals surface area contributed by atoms with Gasteiger partial charge in [-0.2, -0.15) is 8.42 Å². The van der Waals surface area contributed by atoms with Crippen LogP contribution in [0.2, 0.25) is 5.02 Å². The molecule has 1 saturated heterocycles. The molecule has 0 radical (unpaired) electrons. The highest BCUT2D eigenvalue weighted by Gasteiger charge is 2.33. The third-order valence-corrected chi connectivity index (χ3v) is 7.05. The third kappa shape index (κ3) is 3.94. The number of carbonyl (C=O) groups is 1. The van der Waals surface area contributed by atoms with Gasteiger partial charge in [0, 0.05) is 13.0 Å². The SMILES string of the molecule is C[C@@H](NC(=O)c1cc2c(cc1Cl)N1CCCCCC1=NS2(=O)=O)c1ccc(F)cc1. The molecular formula is C21H21ClFN3O3S. The van der Waals surface area contributed by atoms with Gasteiger partial charge in [0.05, 0.1) is 22.3 Å². The number of halogens is 2. The molecule has 9 heteroatoms. The van der Waals surface area contributed by atoms with Crippen molar-refractivity contribution in [1.82, 2.24) is 5.32 Å². The van der Waals surface area contributed by atoms with Gasteiger partial charge in [-0.1, -0.05) is 30.2 Å². The minimum absolute atomic E-state index is 0.0165. The van der Waals surface area contributed by atoms with Crippen LogP contribution in [0.4, 0.5) is 10.1 Å². The fourth-order valence-corrected chi connectivity index (χ4v) is 5.29. The van der Waals surface area contributed by atoms with Gasteiger partial charge >= 0.3 is 0 Å². The average Bonchev–Trinajstić information content (AvgIpc) is 2.92. The quantitative estimate of drug-likeness (QED) is 0.750. The van der Waals surface area contributed by atoms with Crippen molar-refractivity contribution in [2.24, 2.45) is 4.40 Å². The van der Waals surface area contributed by atoms with Gasteiger partial charge in [-0.25, -0.2) is 4.39 Å². The monoisotopic (exact) mass is 449 g/mol. The summed E-state index contributed by atoms with van der Waals surface area (Å²) in [5.41, 5.74) is 1.24. The molecule has 2 aliphatic heterocycles. The van der Waals surface area contributed by atoms with E-state index in [9.17, 15) is 17.6 Å². The topological polar surface area (TPSA) is 78.8 Å². The number of carbonyl (C=O) groups excluding carboxylic acids is 1. The van der Waals surface area contributed by atoms with Crippen LogP contribution >= 0.6 is 11.6 Å². The summed E-state index contributed by atoms with van der Waals surface area (Å²) >= 11 is 6.40. The van der Waals surface area contributed by atoms with Gasteiger partial charge < -0.3 is 10.2 Å². The number of benzene rings is 2. The third-order valence-electron chi connectivity index (χ3n) is 5.40. The summed E-state index contributed by atoms with van der Waals surface area (Å²) in [5, 5.41) is 2.95. The molecule has 4 rings (SSSR count). The first-order valence-corrected chi connectivity index (χ1v) is 11.6. The van der Waals surface area contributed by atoms with E-state index in [2.05, 4.69) is 9.71 Å². The molecule has 2 aromatic carbocycles. The normalized spacial score (nSPS) is 18.5. The van der Waals surface area contributed by atoms with Crippen LogP contribution in [0.25, 0.3) is 0 Å². The molecule has 2 aliphatic rings. The predicted octanol–water partition coefficient (Wildman–Crippen LogP) is 4.45. The van der Waals surface area contributed by atoms with E-state index in [1.807, 2.05) is 4.90 Å². The Balaban J connectivity index is 1.67. The Bertz CT molecular complexity index is 1130. The summed E-state index contributed by atoms with van der Waals surface area (Å²) in [7, 11) is -3.92. The maximum Gasteiger partial charge on any atom is 0.286 e. The summed E-state index contributed by atoms with van der Waals surface area (Å²) in [5.74, 6) is -0.354. The summed E-state index contributed by atoms with van der Waals surface area (Å²) < 4.78 is 42.7. The van der Waals surface area contributed by atoms with Crippen molar-refractivity contribution in [3.63, 3.8) is 0 Å². The second kappa shape index (κ2) is 8.00. The van der Waals surface area contributed by atoms with Crippen molar-refractivity contribution in [2.45, 2.75) is 43.5 Å². The maximum atomic E-state index is 13.1.